The molecule has 1 aliphatic carbocycles. The van der Waals surface area contributed by atoms with Crippen LogP contribution in [-0.2, 0) is 10.0 Å². The van der Waals surface area contributed by atoms with Gasteiger partial charge in [0.05, 0.1) is 17.1 Å². The van der Waals surface area contributed by atoms with E-state index in [0.29, 0.717) is 30.5 Å². The first-order chi connectivity index (χ1) is 13.0. The number of carbonyl (C=O) groups excluding carboxylic acids is 1. The second-order valence-corrected chi connectivity index (χ2v) is 8.61. The van der Waals surface area contributed by atoms with Crippen LogP contribution in [0.5, 0.6) is 0 Å². The molecule has 0 unspecified atom stereocenters. The topological polar surface area (TPSA) is 84.3 Å². The number of aromatic nitrogens is 2. The minimum Gasteiger partial charge on any atom is -0.307 e. The van der Waals surface area contributed by atoms with Gasteiger partial charge in [-0.05, 0) is 31.0 Å². The lowest BCUT2D eigenvalue weighted by Crippen LogP contribution is -2.30. The first-order valence-electron chi connectivity index (χ1n) is 9.42. The van der Waals surface area contributed by atoms with Gasteiger partial charge in [-0.2, -0.15) is 9.40 Å². The molecule has 1 N–H and O–H groups in total. The summed E-state index contributed by atoms with van der Waals surface area (Å²) < 4.78 is 28.6. The lowest BCUT2D eigenvalue weighted by Gasteiger charge is -2.19. The summed E-state index contributed by atoms with van der Waals surface area (Å²) in [7, 11) is -3.60. The fraction of sp³-hybridized carbons (Fsp3) is 0.474. The van der Waals surface area contributed by atoms with Gasteiger partial charge in [-0.15, -0.1) is 0 Å². The molecule has 146 valence electrons. The lowest BCUT2D eigenvalue weighted by molar-refractivity contribution is 0.102. The van der Waals surface area contributed by atoms with Crippen molar-refractivity contribution in [2.24, 2.45) is 0 Å². The maximum absolute atomic E-state index is 12.7. The number of carbonyl (C=O) groups is 1. The van der Waals surface area contributed by atoms with Crippen LogP contribution in [0.1, 0.15) is 55.9 Å². The molecule has 0 saturated heterocycles. The highest BCUT2D eigenvalue weighted by molar-refractivity contribution is 7.89. The number of benzene rings is 1. The molecule has 7 nitrogen and oxygen atoms in total. The molecule has 0 radical (unpaired) electrons. The van der Waals surface area contributed by atoms with Crippen molar-refractivity contribution in [2.45, 2.75) is 50.5 Å². The number of amides is 1. The smallest absolute Gasteiger partial charge is 0.256 e. The number of rotatable bonds is 7. The molecule has 1 heterocycles. The highest BCUT2D eigenvalue weighted by atomic mass is 32.2. The molecule has 1 aliphatic rings. The standard InChI is InChI=1S/C19H26N4O3S/c1-3-22(4-2)27(25,26)17-11-7-8-15(14-17)19(24)21-18-12-13-20-23(18)16-9-5-6-10-16/h7-8,11-14,16H,3-6,9-10H2,1-2H3,(H,21,24). The van der Waals surface area contributed by atoms with Gasteiger partial charge in [0.15, 0.2) is 0 Å². The van der Waals surface area contributed by atoms with E-state index in [1.54, 1.807) is 38.2 Å². The molecule has 8 heteroatoms. The van der Waals surface area contributed by atoms with Crippen molar-refractivity contribution in [1.29, 1.82) is 0 Å². The molecular formula is C19H26N4O3S. The average Bonchev–Trinajstić information content (AvgIpc) is 3.34. The van der Waals surface area contributed by atoms with Crippen LogP contribution in [0.25, 0.3) is 0 Å². The molecule has 0 atom stereocenters. The van der Waals surface area contributed by atoms with Gasteiger partial charge in [0.1, 0.15) is 5.82 Å². The third-order valence-corrected chi connectivity index (χ3v) is 7.07. The SMILES string of the molecule is CCN(CC)S(=O)(=O)c1cccc(C(=O)Nc2ccnn2C2CCCC2)c1. The molecule has 1 aromatic heterocycles. The summed E-state index contributed by atoms with van der Waals surface area (Å²) in [5, 5.41) is 7.22. The Hall–Kier alpha value is -2.19. The van der Waals surface area contributed by atoms with Crippen LogP contribution in [0.15, 0.2) is 41.4 Å². The summed E-state index contributed by atoms with van der Waals surface area (Å²) in [6, 6.07) is 8.25. The molecule has 3 rings (SSSR count). The predicted octanol–water partition coefficient (Wildman–Crippen LogP) is 3.28. The van der Waals surface area contributed by atoms with Crippen LogP contribution in [0.3, 0.4) is 0 Å². The fourth-order valence-electron chi connectivity index (χ4n) is 3.55. The minimum absolute atomic E-state index is 0.128. The first kappa shape index (κ1) is 19.6. The van der Waals surface area contributed by atoms with E-state index in [0.717, 1.165) is 12.8 Å². The van der Waals surface area contributed by atoms with Crippen LogP contribution >= 0.6 is 0 Å². The highest BCUT2D eigenvalue weighted by Crippen LogP contribution is 2.31. The van der Waals surface area contributed by atoms with E-state index >= 15 is 0 Å². The fourth-order valence-corrected chi connectivity index (χ4v) is 5.06. The molecule has 1 amide bonds. The summed E-state index contributed by atoms with van der Waals surface area (Å²) in [6.45, 7) is 4.36. The minimum atomic E-state index is -3.60. The number of hydrogen-bond acceptors (Lipinski definition) is 4. The normalized spacial score (nSPS) is 15.4. The van der Waals surface area contributed by atoms with Crippen LogP contribution in [0.4, 0.5) is 5.82 Å². The Kier molecular flexibility index (Phi) is 5.96. The Balaban J connectivity index is 1.82. The molecule has 2 aromatic rings. The molecule has 1 aromatic carbocycles. The van der Waals surface area contributed by atoms with Crippen LogP contribution in [0, 0.1) is 0 Å². The van der Waals surface area contributed by atoms with E-state index in [1.165, 1.54) is 29.3 Å². The van der Waals surface area contributed by atoms with E-state index in [2.05, 4.69) is 10.4 Å². The van der Waals surface area contributed by atoms with Gasteiger partial charge >= 0.3 is 0 Å². The number of hydrogen-bond donors (Lipinski definition) is 1. The molecule has 0 aliphatic heterocycles. The van der Waals surface area contributed by atoms with Crippen molar-refractivity contribution >= 4 is 21.7 Å². The van der Waals surface area contributed by atoms with Crippen LogP contribution in [0.2, 0.25) is 0 Å². The van der Waals surface area contributed by atoms with Gasteiger partial charge < -0.3 is 5.32 Å². The van der Waals surface area contributed by atoms with Gasteiger partial charge in [0.2, 0.25) is 10.0 Å². The zero-order valence-electron chi connectivity index (χ0n) is 15.8. The molecular weight excluding hydrogens is 364 g/mol. The maximum atomic E-state index is 12.7. The summed E-state index contributed by atoms with van der Waals surface area (Å²) in [5.74, 6) is 0.301. The summed E-state index contributed by atoms with van der Waals surface area (Å²) >= 11 is 0. The number of sulfonamides is 1. The van der Waals surface area contributed by atoms with Gasteiger partial charge in [-0.25, -0.2) is 13.1 Å². The van der Waals surface area contributed by atoms with Crippen LogP contribution in [-0.4, -0.2) is 41.5 Å². The van der Waals surface area contributed by atoms with Crippen molar-refractivity contribution in [3.8, 4) is 0 Å². The van der Waals surface area contributed by atoms with Crippen molar-refractivity contribution < 1.29 is 13.2 Å². The molecule has 1 fully saturated rings. The van der Waals surface area contributed by atoms with Gasteiger partial charge in [-0.3, -0.25) is 4.79 Å². The average molecular weight is 391 g/mol. The summed E-state index contributed by atoms with van der Waals surface area (Å²) in [4.78, 5) is 12.8. The second-order valence-electron chi connectivity index (χ2n) is 6.67. The van der Waals surface area contributed by atoms with Crippen molar-refractivity contribution in [3.05, 3.63) is 42.1 Å². The Morgan fingerprint density at radius 2 is 1.93 bits per heavy atom. The zero-order valence-corrected chi connectivity index (χ0v) is 16.6. The van der Waals surface area contributed by atoms with E-state index in [4.69, 9.17) is 0 Å². The van der Waals surface area contributed by atoms with Gasteiger partial charge in [0, 0.05) is 24.7 Å². The molecule has 0 spiro atoms. The Labute approximate surface area is 160 Å². The number of nitrogens with zero attached hydrogens (tertiary/aromatic N) is 3. The number of nitrogens with one attached hydrogen (secondary N) is 1. The van der Waals surface area contributed by atoms with E-state index < -0.39 is 10.0 Å². The zero-order chi connectivity index (χ0) is 19.4. The highest BCUT2D eigenvalue weighted by Gasteiger charge is 2.24. The third-order valence-electron chi connectivity index (χ3n) is 5.02. The predicted molar refractivity (Wildman–Crippen MR) is 104 cm³/mol. The van der Waals surface area contributed by atoms with E-state index in [1.807, 2.05) is 4.68 Å². The molecule has 1 saturated carbocycles. The maximum Gasteiger partial charge on any atom is 0.256 e. The quantitative estimate of drug-likeness (QED) is 0.786. The summed E-state index contributed by atoms with van der Waals surface area (Å²) in [6.07, 6.45) is 6.13. The number of anilines is 1. The van der Waals surface area contributed by atoms with E-state index in [-0.39, 0.29) is 10.8 Å². The Bertz CT molecular complexity index is 897. The monoisotopic (exact) mass is 390 g/mol. The molecule has 0 bridgehead atoms. The van der Waals surface area contributed by atoms with Gasteiger partial charge in [0.25, 0.3) is 5.91 Å². The van der Waals surface area contributed by atoms with Crippen LogP contribution < -0.4 is 5.32 Å². The van der Waals surface area contributed by atoms with Crippen molar-refractivity contribution in [1.82, 2.24) is 14.1 Å². The van der Waals surface area contributed by atoms with Gasteiger partial charge in [-0.1, -0.05) is 32.8 Å². The van der Waals surface area contributed by atoms with Crippen molar-refractivity contribution in [2.75, 3.05) is 18.4 Å². The Morgan fingerprint density at radius 1 is 1.22 bits per heavy atom. The summed E-state index contributed by atoms with van der Waals surface area (Å²) in [5.41, 5.74) is 0.308. The van der Waals surface area contributed by atoms with Crippen molar-refractivity contribution in [3.63, 3.8) is 0 Å². The van der Waals surface area contributed by atoms with E-state index in [9.17, 15) is 13.2 Å². The first-order valence-corrected chi connectivity index (χ1v) is 10.9. The second kappa shape index (κ2) is 8.22. The Morgan fingerprint density at radius 3 is 2.59 bits per heavy atom. The molecule has 27 heavy (non-hydrogen) atoms. The lowest BCUT2D eigenvalue weighted by atomic mass is 10.2. The largest absolute Gasteiger partial charge is 0.307 e. The third kappa shape index (κ3) is 4.06.